The third-order valence-electron chi connectivity index (χ3n) is 4.39. The lowest BCUT2D eigenvalue weighted by molar-refractivity contribution is -0.146. The maximum absolute atomic E-state index is 11.9. The maximum atomic E-state index is 11.9. The largest absolute Gasteiger partial charge is 0.504 e. The van der Waals surface area contributed by atoms with Gasteiger partial charge >= 0.3 is 5.97 Å². The lowest BCUT2D eigenvalue weighted by atomic mass is 10.0. The molecule has 3 rings (SSSR count). The van der Waals surface area contributed by atoms with Gasteiger partial charge < -0.3 is 14.6 Å². The first-order valence-electron chi connectivity index (χ1n) is 8.06. The van der Waals surface area contributed by atoms with Crippen LogP contribution in [0.15, 0.2) is 36.4 Å². The number of ether oxygens (including phenoxy) is 2. The van der Waals surface area contributed by atoms with Crippen molar-refractivity contribution in [1.29, 1.82) is 0 Å². The monoisotopic (exact) mass is 361 g/mol. The second-order valence-corrected chi connectivity index (χ2v) is 6.45. The molecule has 0 unspecified atom stereocenters. The van der Waals surface area contributed by atoms with Gasteiger partial charge in [0.1, 0.15) is 12.6 Å². The molecule has 0 saturated heterocycles. The Morgan fingerprint density at radius 2 is 2.12 bits per heavy atom. The molecule has 1 aliphatic rings. The fourth-order valence-corrected chi connectivity index (χ4v) is 3.19. The number of halogens is 1. The highest BCUT2D eigenvalue weighted by Gasteiger charge is 2.26. The number of hydrogen-bond acceptors (Lipinski definition) is 5. The molecule has 1 atom stereocenters. The van der Waals surface area contributed by atoms with Crippen LogP contribution in [0.5, 0.6) is 11.5 Å². The van der Waals surface area contributed by atoms with Gasteiger partial charge in [0.15, 0.2) is 11.5 Å². The molecular formula is C19H20ClNO4. The van der Waals surface area contributed by atoms with Crippen LogP contribution in [0.3, 0.4) is 0 Å². The summed E-state index contributed by atoms with van der Waals surface area (Å²) in [6.07, 6.45) is 0. The first-order chi connectivity index (χ1) is 12.0. The molecule has 2 aromatic carbocycles. The van der Waals surface area contributed by atoms with Crippen molar-refractivity contribution >= 4 is 17.6 Å². The molecule has 0 fully saturated rings. The van der Waals surface area contributed by atoms with Gasteiger partial charge in [0.05, 0.1) is 7.11 Å². The van der Waals surface area contributed by atoms with Crippen molar-refractivity contribution in [2.45, 2.75) is 19.5 Å². The van der Waals surface area contributed by atoms with E-state index in [1.54, 1.807) is 19.1 Å². The Hall–Kier alpha value is -2.24. The van der Waals surface area contributed by atoms with E-state index in [0.29, 0.717) is 30.5 Å². The van der Waals surface area contributed by atoms with Crippen LogP contribution < -0.4 is 4.74 Å². The molecule has 1 aliphatic heterocycles. The minimum atomic E-state index is -0.392. The lowest BCUT2D eigenvalue weighted by Crippen LogP contribution is -2.40. The molecule has 132 valence electrons. The molecular weight excluding hydrogens is 342 g/mol. The van der Waals surface area contributed by atoms with Crippen molar-refractivity contribution in [3.63, 3.8) is 0 Å². The number of carbonyl (C=O) groups is 1. The van der Waals surface area contributed by atoms with Gasteiger partial charge in [-0.1, -0.05) is 23.7 Å². The Kier molecular flexibility index (Phi) is 5.16. The summed E-state index contributed by atoms with van der Waals surface area (Å²) >= 11 is 6.07. The molecule has 0 saturated carbocycles. The van der Waals surface area contributed by atoms with E-state index in [-0.39, 0.29) is 11.7 Å². The number of rotatable bonds is 3. The quantitative estimate of drug-likeness (QED) is 0.848. The topological polar surface area (TPSA) is 59.0 Å². The van der Waals surface area contributed by atoms with Crippen LogP contribution in [0, 0.1) is 0 Å². The first kappa shape index (κ1) is 17.6. The van der Waals surface area contributed by atoms with Gasteiger partial charge in [-0.2, -0.15) is 0 Å². The van der Waals surface area contributed by atoms with Crippen LogP contribution in [-0.4, -0.2) is 42.3 Å². The zero-order chi connectivity index (χ0) is 18.0. The normalized spacial score (nSPS) is 15.6. The van der Waals surface area contributed by atoms with Crippen LogP contribution in [0.1, 0.15) is 12.5 Å². The van der Waals surface area contributed by atoms with Crippen LogP contribution in [-0.2, 0) is 16.1 Å². The molecule has 0 aromatic heterocycles. The van der Waals surface area contributed by atoms with Crippen LogP contribution in [0.2, 0.25) is 5.02 Å². The number of methoxy groups -OCH3 is 1. The Bertz CT molecular complexity index is 793. The van der Waals surface area contributed by atoms with Crippen molar-refractivity contribution in [2.24, 2.45) is 0 Å². The number of phenolic OH excluding ortho intramolecular Hbond substituents is 1. The zero-order valence-electron chi connectivity index (χ0n) is 14.2. The predicted molar refractivity (Wildman–Crippen MR) is 95.9 cm³/mol. The molecule has 0 amide bonds. The molecule has 1 heterocycles. The van der Waals surface area contributed by atoms with Crippen molar-refractivity contribution in [2.75, 3.05) is 20.3 Å². The number of hydrogen-bond donors (Lipinski definition) is 1. The summed E-state index contributed by atoms with van der Waals surface area (Å²) in [6, 6.07) is 10.7. The summed E-state index contributed by atoms with van der Waals surface area (Å²) in [7, 11) is 1.38. The van der Waals surface area contributed by atoms with Crippen molar-refractivity contribution in [1.82, 2.24) is 4.90 Å². The van der Waals surface area contributed by atoms with Gasteiger partial charge in [-0.05, 0) is 42.3 Å². The fraction of sp³-hybridized carbons (Fsp3) is 0.316. The number of benzene rings is 2. The van der Waals surface area contributed by atoms with Crippen molar-refractivity contribution < 1.29 is 19.4 Å². The summed E-state index contributed by atoms with van der Waals surface area (Å²) in [4.78, 5) is 13.8. The predicted octanol–water partition coefficient (Wildman–Crippen LogP) is 3.47. The third kappa shape index (κ3) is 3.72. The number of nitrogens with zero attached hydrogens (tertiary/aromatic N) is 1. The Morgan fingerprint density at radius 1 is 1.32 bits per heavy atom. The fourth-order valence-electron chi connectivity index (χ4n) is 3.00. The molecule has 0 spiro atoms. The van der Waals surface area contributed by atoms with E-state index in [1.807, 2.05) is 29.2 Å². The van der Waals surface area contributed by atoms with E-state index >= 15 is 0 Å². The van der Waals surface area contributed by atoms with Gasteiger partial charge in [0.25, 0.3) is 0 Å². The number of fused-ring (bicyclic) bond motifs is 1. The van der Waals surface area contributed by atoms with E-state index in [9.17, 15) is 9.90 Å². The molecule has 0 bridgehead atoms. The number of phenols is 1. The average molecular weight is 362 g/mol. The number of aromatic hydroxyl groups is 1. The van der Waals surface area contributed by atoms with Gasteiger partial charge in [-0.3, -0.25) is 9.69 Å². The smallest absolute Gasteiger partial charge is 0.322 e. The molecule has 0 aliphatic carbocycles. The summed E-state index contributed by atoms with van der Waals surface area (Å²) in [5.74, 6) is 0.254. The standard InChI is InChI=1S/C19H20ClNO4/c1-12(19(23)24-2)21-6-7-25-18-15(11-21)8-14(10-17(18)22)13-4-3-5-16(20)9-13/h3-5,8-10,12,22H,6-7,11H2,1-2H3/t12-/m0/s1. The SMILES string of the molecule is COC(=O)[C@H](C)N1CCOc2c(O)cc(-c3cccc(Cl)c3)cc2C1. The summed E-state index contributed by atoms with van der Waals surface area (Å²) in [5.41, 5.74) is 2.57. The van der Waals surface area contributed by atoms with E-state index in [2.05, 4.69) is 0 Å². The van der Waals surface area contributed by atoms with E-state index in [4.69, 9.17) is 21.1 Å². The molecule has 0 radical (unpaired) electrons. The highest BCUT2D eigenvalue weighted by atomic mass is 35.5. The van der Waals surface area contributed by atoms with Crippen molar-refractivity contribution in [3.8, 4) is 22.6 Å². The van der Waals surface area contributed by atoms with Crippen LogP contribution in [0.4, 0.5) is 0 Å². The van der Waals surface area contributed by atoms with Gasteiger partial charge in [0, 0.05) is 23.7 Å². The second kappa shape index (κ2) is 7.33. The Balaban J connectivity index is 1.97. The van der Waals surface area contributed by atoms with Gasteiger partial charge in [0.2, 0.25) is 0 Å². The van der Waals surface area contributed by atoms with Gasteiger partial charge in [-0.25, -0.2) is 0 Å². The number of esters is 1. The highest BCUT2D eigenvalue weighted by molar-refractivity contribution is 6.30. The zero-order valence-corrected chi connectivity index (χ0v) is 14.9. The van der Waals surface area contributed by atoms with E-state index in [1.165, 1.54) is 7.11 Å². The maximum Gasteiger partial charge on any atom is 0.322 e. The molecule has 1 N–H and O–H groups in total. The molecule has 2 aromatic rings. The average Bonchev–Trinajstić information content (AvgIpc) is 2.83. The van der Waals surface area contributed by atoms with Crippen molar-refractivity contribution in [3.05, 3.63) is 47.0 Å². The Morgan fingerprint density at radius 3 is 2.84 bits per heavy atom. The van der Waals surface area contributed by atoms with E-state index < -0.39 is 6.04 Å². The van der Waals surface area contributed by atoms with Crippen LogP contribution >= 0.6 is 11.6 Å². The van der Waals surface area contributed by atoms with E-state index in [0.717, 1.165) is 16.7 Å². The minimum absolute atomic E-state index is 0.0834. The minimum Gasteiger partial charge on any atom is -0.504 e. The van der Waals surface area contributed by atoms with Crippen LogP contribution in [0.25, 0.3) is 11.1 Å². The summed E-state index contributed by atoms with van der Waals surface area (Å²) in [6.45, 7) is 3.24. The van der Waals surface area contributed by atoms with Gasteiger partial charge in [-0.15, -0.1) is 0 Å². The lowest BCUT2D eigenvalue weighted by Gasteiger charge is -2.24. The molecule has 5 nitrogen and oxygen atoms in total. The first-order valence-corrected chi connectivity index (χ1v) is 8.44. The molecule has 6 heteroatoms. The summed E-state index contributed by atoms with van der Waals surface area (Å²) in [5, 5.41) is 11.0. The molecule has 25 heavy (non-hydrogen) atoms. The summed E-state index contributed by atoms with van der Waals surface area (Å²) < 4.78 is 10.6. The highest BCUT2D eigenvalue weighted by Crippen LogP contribution is 2.38. The number of carbonyl (C=O) groups excluding carboxylic acids is 1. The third-order valence-corrected chi connectivity index (χ3v) is 4.63. The second-order valence-electron chi connectivity index (χ2n) is 6.01. The Labute approximate surface area is 151 Å².